The highest BCUT2D eigenvalue weighted by Gasteiger charge is 2.30. The fourth-order valence-corrected chi connectivity index (χ4v) is 4.20. The number of carboxylic acids is 1. The normalized spacial score (nSPS) is 17.1. The number of halogens is 1. The maximum absolute atomic E-state index is 12.9. The molecule has 1 aliphatic heterocycles. The summed E-state index contributed by atoms with van der Waals surface area (Å²) in [5.41, 5.74) is 2.02. The Hall–Kier alpha value is -2.93. The maximum Gasteiger partial charge on any atom is 0.305 e. The van der Waals surface area contributed by atoms with Crippen molar-refractivity contribution in [2.75, 3.05) is 13.1 Å². The molecule has 7 nitrogen and oxygen atoms in total. The predicted octanol–water partition coefficient (Wildman–Crippen LogP) is 3.11. The Morgan fingerprint density at radius 2 is 1.88 bits per heavy atom. The summed E-state index contributed by atoms with van der Waals surface area (Å²) >= 11 is 5.90. The van der Waals surface area contributed by atoms with E-state index in [-0.39, 0.29) is 30.7 Å². The summed E-state index contributed by atoms with van der Waals surface area (Å²) in [6.07, 6.45) is 6.86. The van der Waals surface area contributed by atoms with E-state index in [4.69, 9.17) is 11.6 Å². The van der Waals surface area contributed by atoms with Gasteiger partial charge in [-0.1, -0.05) is 23.7 Å². The van der Waals surface area contributed by atoms with Crippen molar-refractivity contribution in [1.29, 1.82) is 0 Å². The number of aliphatic carboxylic acids is 1. The highest BCUT2D eigenvalue weighted by atomic mass is 35.5. The smallest absolute Gasteiger partial charge is 0.305 e. The fourth-order valence-electron chi connectivity index (χ4n) is 4.07. The molecule has 1 unspecified atom stereocenters. The molecule has 32 heavy (non-hydrogen) atoms. The Balaban J connectivity index is 1.54. The Bertz CT molecular complexity index is 921. The van der Waals surface area contributed by atoms with Gasteiger partial charge in [-0.25, -0.2) is 0 Å². The standard InChI is InChI=1S/C24H28ClN3O4/c25-20-7-4-18(5-8-20)14-21(15-23(30)31)27-22(29)16-28-13-1-2-19(24(28)32)6-3-17-9-11-26-12-10-17/h4-5,7-12,19,21H,1-3,6,13-16H2,(H,27,29)(H,30,31)/t19-,21?/m0/s1. The highest BCUT2D eigenvalue weighted by molar-refractivity contribution is 6.30. The summed E-state index contributed by atoms with van der Waals surface area (Å²) in [6, 6.07) is 10.4. The molecule has 1 aromatic heterocycles. The largest absolute Gasteiger partial charge is 0.481 e. The first-order chi connectivity index (χ1) is 15.4. The van der Waals surface area contributed by atoms with E-state index in [0.29, 0.717) is 18.0 Å². The molecule has 2 amide bonds. The Morgan fingerprint density at radius 1 is 1.16 bits per heavy atom. The first-order valence-corrected chi connectivity index (χ1v) is 11.2. The molecule has 0 saturated carbocycles. The van der Waals surface area contributed by atoms with Crippen molar-refractivity contribution in [2.45, 2.75) is 44.6 Å². The number of hydrogen-bond donors (Lipinski definition) is 2. The molecule has 1 aliphatic rings. The molecule has 0 aliphatic carbocycles. The molecule has 0 bridgehead atoms. The molecule has 2 aromatic rings. The summed E-state index contributed by atoms with van der Waals surface area (Å²) in [5.74, 6) is -1.44. The summed E-state index contributed by atoms with van der Waals surface area (Å²) in [4.78, 5) is 42.4. The van der Waals surface area contributed by atoms with E-state index in [0.717, 1.165) is 36.8 Å². The molecule has 1 fully saturated rings. The van der Waals surface area contributed by atoms with Gasteiger partial charge in [-0.3, -0.25) is 19.4 Å². The van der Waals surface area contributed by atoms with Crippen LogP contribution < -0.4 is 5.32 Å². The van der Waals surface area contributed by atoms with E-state index < -0.39 is 12.0 Å². The van der Waals surface area contributed by atoms with Crippen molar-refractivity contribution in [3.05, 3.63) is 64.9 Å². The summed E-state index contributed by atoms with van der Waals surface area (Å²) in [5, 5.41) is 12.6. The Kier molecular flexibility index (Phi) is 8.62. The number of aromatic nitrogens is 1. The lowest BCUT2D eigenvalue weighted by Crippen LogP contribution is -2.49. The zero-order chi connectivity index (χ0) is 22.9. The van der Waals surface area contributed by atoms with Crippen LogP contribution in [0.4, 0.5) is 0 Å². The lowest BCUT2D eigenvalue weighted by molar-refractivity contribution is -0.143. The van der Waals surface area contributed by atoms with E-state index in [1.165, 1.54) is 0 Å². The lowest BCUT2D eigenvalue weighted by Gasteiger charge is -2.32. The second-order valence-electron chi connectivity index (χ2n) is 8.19. The van der Waals surface area contributed by atoms with E-state index in [9.17, 15) is 19.5 Å². The minimum Gasteiger partial charge on any atom is -0.481 e. The summed E-state index contributed by atoms with van der Waals surface area (Å²) < 4.78 is 0. The number of carbonyl (C=O) groups excluding carboxylic acids is 2. The molecule has 170 valence electrons. The first-order valence-electron chi connectivity index (χ1n) is 10.8. The fraction of sp³-hybridized carbons (Fsp3) is 0.417. The Morgan fingerprint density at radius 3 is 2.56 bits per heavy atom. The number of hydrogen-bond acceptors (Lipinski definition) is 4. The number of carboxylic acid groups (broad SMARTS) is 1. The molecular weight excluding hydrogens is 430 g/mol. The van der Waals surface area contributed by atoms with E-state index in [2.05, 4.69) is 10.3 Å². The Labute approximate surface area is 192 Å². The van der Waals surface area contributed by atoms with Crippen molar-refractivity contribution in [3.63, 3.8) is 0 Å². The highest BCUT2D eigenvalue weighted by Crippen LogP contribution is 2.23. The lowest BCUT2D eigenvalue weighted by atomic mass is 9.91. The number of amides is 2. The molecule has 0 spiro atoms. The average Bonchev–Trinajstić information content (AvgIpc) is 2.76. The van der Waals surface area contributed by atoms with Gasteiger partial charge in [0, 0.05) is 35.9 Å². The molecule has 1 aromatic carbocycles. The van der Waals surface area contributed by atoms with Gasteiger partial charge >= 0.3 is 5.97 Å². The van der Waals surface area contributed by atoms with Gasteiger partial charge in [0.1, 0.15) is 0 Å². The van der Waals surface area contributed by atoms with Gasteiger partial charge in [0.2, 0.25) is 11.8 Å². The number of aryl methyl sites for hydroxylation is 1. The number of nitrogens with zero attached hydrogens (tertiary/aromatic N) is 2. The van der Waals surface area contributed by atoms with Crippen LogP contribution in [0.3, 0.4) is 0 Å². The number of benzene rings is 1. The number of nitrogens with one attached hydrogen (secondary N) is 1. The van der Waals surface area contributed by atoms with Crippen molar-refractivity contribution >= 4 is 29.4 Å². The number of likely N-dealkylation sites (tertiary alicyclic amines) is 1. The molecule has 3 rings (SSSR count). The average molecular weight is 458 g/mol. The first kappa shape index (κ1) is 23.7. The zero-order valence-corrected chi connectivity index (χ0v) is 18.6. The van der Waals surface area contributed by atoms with Gasteiger partial charge in [-0.15, -0.1) is 0 Å². The van der Waals surface area contributed by atoms with Gasteiger partial charge in [0.15, 0.2) is 0 Å². The molecule has 1 saturated heterocycles. The predicted molar refractivity (Wildman–Crippen MR) is 121 cm³/mol. The van der Waals surface area contributed by atoms with Crippen molar-refractivity contribution < 1.29 is 19.5 Å². The minimum atomic E-state index is -0.991. The van der Waals surface area contributed by atoms with Crippen LogP contribution in [0, 0.1) is 5.92 Å². The van der Waals surface area contributed by atoms with Gasteiger partial charge in [0.05, 0.1) is 13.0 Å². The van der Waals surface area contributed by atoms with E-state index >= 15 is 0 Å². The topological polar surface area (TPSA) is 99.6 Å². The van der Waals surface area contributed by atoms with Crippen molar-refractivity contribution in [1.82, 2.24) is 15.2 Å². The minimum absolute atomic E-state index is 0.00654. The second-order valence-corrected chi connectivity index (χ2v) is 8.62. The van der Waals surface area contributed by atoms with Crippen LogP contribution in [-0.4, -0.2) is 51.9 Å². The third kappa shape index (κ3) is 7.34. The van der Waals surface area contributed by atoms with Crippen LogP contribution >= 0.6 is 11.6 Å². The van der Waals surface area contributed by atoms with E-state index in [1.54, 1.807) is 29.4 Å². The molecule has 8 heteroatoms. The molecule has 0 radical (unpaired) electrons. The van der Waals surface area contributed by atoms with E-state index in [1.807, 2.05) is 24.3 Å². The number of rotatable bonds is 10. The van der Waals surface area contributed by atoms with Crippen molar-refractivity contribution in [3.8, 4) is 0 Å². The van der Waals surface area contributed by atoms with Crippen LogP contribution in [0.5, 0.6) is 0 Å². The van der Waals surface area contributed by atoms with Gasteiger partial charge in [-0.2, -0.15) is 0 Å². The van der Waals surface area contributed by atoms with Crippen LogP contribution in [0.25, 0.3) is 0 Å². The quantitative estimate of drug-likeness (QED) is 0.571. The second kappa shape index (κ2) is 11.6. The summed E-state index contributed by atoms with van der Waals surface area (Å²) in [6.45, 7) is 0.486. The number of pyridine rings is 1. The zero-order valence-electron chi connectivity index (χ0n) is 17.9. The SMILES string of the molecule is O=C(O)CC(Cc1ccc(Cl)cc1)NC(=O)CN1CCC[C@@H](CCc2ccncc2)C1=O. The van der Waals surface area contributed by atoms with Gasteiger partial charge in [-0.05, 0) is 67.5 Å². The third-order valence-electron chi connectivity index (χ3n) is 5.69. The molecule has 2 heterocycles. The van der Waals surface area contributed by atoms with Crippen LogP contribution in [-0.2, 0) is 27.2 Å². The van der Waals surface area contributed by atoms with Crippen molar-refractivity contribution in [2.24, 2.45) is 5.92 Å². The molecule has 2 N–H and O–H groups in total. The third-order valence-corrected chi connectivity index (χ3v) is 5.94. The van der Waals surface area contributed by atoms with Crippen LogP contribution in [0.2, 0.25) is 5.02 Å². The maximum atomic E-state index is 12.9. The molecule has 2 atom stereocenters. The monoisotopic (exact) mass is 457 g/mol. The van der Waals surface area contributed by atoms with Crippen LogP contribution in [0.15, 0.2) is 48.8 Å². The van der Waals surface area contributed by atoms with Gasteiger partial charge in [0.25, 0.3) is 0 Å². The number of piperidine rings is 1. The number of carbonyl (C=O) groups is 3. The molecular formula is C24H28ClN3O4. The van der Waals surface area contributed by atoms with Gasteiger partial charge < -0.3 is 15.3 Å². The van der Waals surface area contributed by atoms with Crippen LogP contribution in [0.1, 0.15) is 36.8 Å². The summed E-state index contributed by atoms with van der Waals surface area (Å²) in [7, 11) is 0.